The molecule has 3 heterocycles. The summed E-state index contributed by atoms with van der Waals surface area (Å²) < 4.78 is 15.5. The van der Waals surface area contributed by atoms with Gasteiger partial charge in [0.2, 0.25) is 5.82 Å². The summed E-state index contributed by atoms with van der Waals surface area (Å²) in [6, 6.07) is 8.17. The van der Waals surface area contributed by atoms with Crippen LogP contribution in [0.3, 0.4) is 0 Å². The summed E-state index contributed by atoms with van der Waals surface area (Å²) in [5.41, 5.74) is 2.16. The first kappa shape index (κ1) is 21.8. The number of rotatable bonds is 8. The minimum absolute atomic E-state index is 0.0360. The molecule has 0 saturated carbocycles. The number of hydrogen-bond acceptors (Lipinski definition) is 10. The van der Waals surface area contributed by atoms with Crippen LogP contribution in [-0.2, 0) is 4.74 Å². The topological polar surface area (TPSA) is 106 Å². The van der Waals surface area contributed by atoms with Gasteiger partial charge in [0.05, 0.1) is 19.4 Å². The van der Waals surface area contributed by atoms with E-state index in [0.29, 0.717) is 23.4 Å². The third-order valence-electron chi connectivity index (χ3n) is 5.50. The van der Waals surface area contributed by atoms with Gasteiger partial charge in [0, 0.05) is 45.0 Å². The standard InChI is InChI=1S/C22H28N6O4/c1-4-31-22(29)20-24-19(18-15(2)26-32-21(18)25-20)23-9-10-27-11-13-28(14-12-27)16-5-7-17(30-3)8-6-16/h5-8H,4,9-14H2,1-3H3,(H,23,24,25). The molecule has 10 heteroatoms. The smallest absolute Gasteiger partial charge is 0.376 e. The highest BCUT2D eigenvalue weighted by atomic mass is 16.5. The van der Waals surface area contributed by atoms with E-state index in [1.807, 2.05) is 19.1 Å². The molecular formula is C22H28N6O4. The molecule has 2 aromatic heterocycles. The van der Waals surface area contributed by atoms with Crippen LogP contribution in [-0.4, -0.2) is 79.0 Å². The molecule has 1 aliphatic heterocycles. The van der Waals surface area contributed by atoms with Crippen molar-refractivity contribution in [3.05, 3.63) is 35.8 Å². The average molecular weight is 441 g/mol. The number of esters is 1. The van der Waals surface area contributed by atoms with E-state index in [0.717, 1.165) is 38.5 Å². The van der Waals surface area contributed by atoms with Crippen molar-refractivity contribution in [2.45, 2.75) is 13.8 Å². The minimum Gasteiger partial charge on any atom is -0.497 e. The molecule has 1 fully saturated rings. The Morgan fingerprint density at radius 3 is 2.59 bits per heavy atom. The molecule has 0 unspecified atom stereocenters. The maximum Gasteiger partial charge on any atom is 0.376 e. The highest BCUT2D eigenvalue weighted by molar-refractivity contribution is 5.93. The molecule has 1 N–H and O–H groups in total. The molecule has 0 spiro atoms. The Balaban J connectivity index is 1.34. The predicted octanol–water partition coefficient (Wildman–Crippen LogP) is 2.35. The van der Waals surface area contributed by atoms with Crippen LogP contribution in [0.5, 0.6) is 5.75 Å². The number of carbonyl (C=O) groups excluding carboxylic acids is 1. The van der Waals surface area contributed by atoms with E-state index in [1.165, 1.54) is 5.69 Å². The molecule has 32 heavy (non-hydrogen) atoms. The second-order valence-corrected chi connectivity index (χ2v) is 7.52. The van der Waals surface area contributed by atoms with Crippen molar-refractivity contribution in [3.63, 3.8) is 0 Å². The van der Waals surface area contributed by atoms with E-state index in [2.05, 4.69) is 42.4 Å². The van der Waals surface area contributed by atoms with Crippen LogP contribution < -0.4 is 15.0 Å². The van der Waals surface area contributed by atoms with Crippen LogP contribution in [0, 0.1) is 6.92 Å². The fraction of sp³-hybridized carbons (Fsp3) is 0.455. The lowest BCUT2D eigenvalue weighted by Crippen LogP contribution is -2.47. The number of piperazine rings is 1. The van der Waals surface area contributed by atoms with Gasteiger partial charge in [0.15, 0.2) is 0 Å². The molecule has 4 rings (SSSR count). The number of methoxy groups -OCH3 is 1. The van der Waals surface area contributed by atoms with Crippen molar-refractivity contribution in [1.29, 1.82) is 0 Å². The fourth-order valence-corrected chi connectivity index (χ4v) is 3.76. The Bertz CT molecular complexity index is 1060. The van der Waals surface area contributed by atoms with Gasteiger partial charge in [-0.05, 0) is 38.1 Å². The maximum absolute atomic E-state index is 12.1. The first-order chi connectivity index (χ1) is 15.6. The van der Waals surface area contributed by atoms with Gasteiger partial charge in [-0.3, -0.25) is 4.90 Å². The van der Waals surface area contributed by atoms with Crippen molar-refractivity contribution < 1.29 is 18.8 Å². The molecule has 170 valence electrons. The molecule has 10 nitrogen and oxygen atoms in total. The van der Waals surface area contributed by atoms with Crippen LogP contribution >= 0.6 is 0 Å². The molecule has 0 amide bonds. The molecule has 0 bridgehead atoms. The van der Waals surface area contributed by atoms with Crippen LogP contribution in [0.4, 0.5) is 11.5 Å². The van der Waals surface area contributed by atoms with E-state index in [-0.39, 0.29) is 18.1 Å². The van der Waals surface area contributed by atoms with E-state index < -0.39 is 5.97 Å². The number of hydrogen-bond donors (Lipinski definition) is 1. The summed E-state index contributed by atoms with van der Waals surface area (Å²) in [6.07, 6.45) is 0. The Labute approximate surface area is 186 Å². The van der Waals surface area contributed by atoms with Crippen LogP contribution in [0.15, 0.2) is 28.8 Å². The maximum atomic E-state index is 12.1. The molecule has 1 saturated heterocycles. The Hall–Kier alpha value is -3.40. The highest BCUT2D eigenvalue weighted by Crippen LogP contribution is 2.24. The lowest BCUT2D eigenvalue weighted by atomic mass is 10.2. The third-order valence-corrected chi connectivity index (χ3v) is 5.50. The first-order valence-electron chi connectivity index (χ1n) is 10.8. The summed E-state index contributed by atoms with van der Waals surface area (Å²) in [7, 11) is 1.68. The number of nitrogens with zero attached hydrogens (tertiary/aromatic N) is 5. The lowest BCUT2D eigenvalue weighted by molar-refractivity contribution is 0.0512. The normalized spacial score (nSPS) is 14.5. The van der Waals surface area contributed by atoms with Crippen molar-refractivity contribution in [1.82, 2.24) is 20.0 Å². The van der Waals surface area contributed by atoms with Gasteiger partial charge in [0.1, 0.15) is 17.0 Å². The number of nitrogens with one attached hydrogen (secondary N) is 1. The minimum atomic E-state index is -0.582. The summed E-state index contributed by atoms with van der Waals surface area (Å²) in [5, 5.41) is 7.96. The Kier molecular flexibility index (Phi) is 6.69. The van der Waals surface area contributed by atoms with Crippen molar-refractivity contribution in [2.75, 3.05) is 63.2 Å². The monoisotopic (exact) mass is 440 g/mol. The second kappa shape index (κ2) is 9.82. The SMILES string of the molecule is CCOC(=O)c1nc(NCCN2CCN(c3ccc(OC)cc3)CC2)c2c(C)noc2n1. The van der Waals surface area contributed by atoms with Crippen LogP contribution in [0.1, 0.15) is 23.2 Å². The third kappa shape index (κ3) is 4.75. The van der Waals surface area contributed by atoms with Gasteiger partial charge in [-0.25, -0.2) is 9.78 Å². The molecule has 0 radical (unpaired) electrons. The molecular weight excluding hydrogens is 412 g/mol. The number of aryl methyl sites for hydroxylation is 1. The molecule has 0 aliphatic carbocycles. The molecule has 1 aliphatic rings. The molecule has 3 aromatic rings. The second-order valence-electron chi connectivity index (χ2n) is 7.52. The number of ether oxygens (including phenoxy) is 2. The van der Waals surface area contributed by atoms with Crippen LogP contribution in [0.25, 0.3) is 11.1 Å². The first-order valence-corrected chi connectivity index (χ1v) is 10.8. The highest BCUT2D eigenvalue weighted by Gasteiger charge is 2.21. The van der Waals surface area contributed by atoms with Crippen LogP contribution in [0.2, 0.25) is 0 Å². The zero-order valence-electron chi connectivity index (χ0n) is 18.6. The molecule has 0 atom stereocenters. The largest absolute Gasteiger partial charge is 0.497 e. The van der Waals surface area contributed by atoms with Crippen molar-refractivity contribution >= 4 is 28.6 Å². The van der Waals surface area contributed by atoms with E-state index in [4.69, 9.17) is 14.0 Å². The zero-order valence-corrected chi connectivity index (χ0v) is 18.6. The van der Waals surface area contributed by atoms with Gasteiger partial charge in [-0.2, -0.15) is 4.98 Å². The summed E-state index contributed by atoms with van der Waals surface area (Å²) in [6.45, 7) is 9.18. The number of fused-ring (bicyclic) bond motifs is 1. The van der Waals surface area contributed by atoms with E-state index in [1.54, 1.807) is 14.0 Å². The van der Waals surface area contributed by atoms with Gasteiger partial charge in [-0.15, -0.1) is 0 Å². The Morgan fingerprint density at radius 2 is 1.91 bits per heavy atom. The summed E-state index contributed by atoms with van der Waals surface area (Å²) in [5.74, 6) is 0.785. The van der Waals surface area contributed by atoms with E-state index >= 15 is 0 Å². The fourth-order valence-electron chi connectivity index (χ4n) is 3.76. The Morgan fingerprint density at radius 1 is 1.16 bits per heavy atom. The lowest BCUT2D eigenvalue weighted by Gasteiger charge is -2.36. The zero-order chi connectivity index (χ0) is 22.5. The predicted molar refractivity (Wildman–Crippen MR) is 120 cm³/mol. The van der Waals surface area contributed by atoms with Crippen molar-refractivity contribution in [2.24, 2.45) is 0 Å². The van der Waals surface area contributed by atoms with Gasteiger partial charge >= 0.3 is 5.97 Å². The van der Waals surface area contributed by atoms with E-state index in [9.17, 15) is 4.79 Å². The number of benzene rings is 1. The van der Waals surface area contributed by atoms with Gasteiger partial charge in [-0.1, -0.05) is 5.16 Å². The molecule has 1 aromatic carbocycles. The van der Waals surface area contributed by atoms with Crippen molar-refractivity contribution in [3.8, 4) is 5.75 Å². The number of carbonyl (C=O) groups is 1. The van der Waals surface area contributed by atoms with Gasteiger partial charge in [0.25, 0.3) is 5.71 Å². The average Bonchev–Trinajstić information content (AvgIpc) is 3.20. The van der Waals surface area contributed by atoms with Gasteiger partial charge < -0.3 is 24.2 Å². The number of aromatic nitrogens is 3. The quantitative estimate of drug-likeness (QED) is 0.525. The number of anilines is 2. The summed E-state index contributed by atoms with van der Waals surface area (Å²) in [4.78, 5) is 25.4. The summed E-state index contributed by atoms with van der Waals surface area (Å²) >= 11 is 0.